The van der Waals surface area contributed by atoms with Gasteiger partial charge in [0.05, 0.1) is 6.04 Å². The number of hydrogen-bond acceptors (Lipinski definition) is 3. The van der Waals surface area contributed by atoms with Crippen molar-refractivity contribution in [1.29, 1.82) is 0 Å². The minimum absolute atomic E-state index is 0.0302. The van der Waals surface area contributed by atoms with Crippen LogP contribution in [0.1, 0.15) is 12.0 Å². The van der Waals surface area contributed by atoms with Crippen molar-refractivity contribution in [3.05, 3.63) is 35.9 Å². The second-order valence-electron chi connectivity index (χ2n) is 4.40. The van der Waals surface area contributed by atoms with Gasteiger partial charge in [-0.1, -0.05) is 30.3 Å². The van der Waals surface area contributed by atoms with E-state index < -0.39 is 0 Å². The van der Waals surface area contributed by atoms with E-state index in [9.17, 15) is 4.79 Å². The lowest BCUT2D eigenvalue weighted by molar-refractivity contribution is -0.111. The Morgan fingerprint density at radius 1 is 1.38 bits per heavy atom. The Morgan fingerprint density at radius 3 is 2.75 bits per heavy atom. The molecule has 1 aliphatic heterocycles. The molecule has 0 radical (unpaired) electrons. The van der Waals surface area contributed by atoms with E-state index in [0.717, 1.165) is 25.8 Å². The van der Waals surface area contributed by atoms with E-state index in [-0.39, 0.29) is 18.6 Å². The molecule has 86 valence electrons. The van der Waals surface area contributed by atoms with Crippen LogP contribution in [-0.4, -0.2) is 35.5 Å². The topological polar surface area (TPSA) is 40.5 Å². The number of benzene rings is 1. The van der Waals surface area contributed by atoms with E-state index in [1.54, 1.807) is 0 Å². The highest BCUT2D eigenvalue weighted by atomic mass is 16.3. The number of hydrogen-bond donors (Lipinski definition) is 1. The van der Waals surface area contributed by atoms with Crippen molar-refractivity contribution in [3.63, 3.8) is 0 Å². The van der Waals surface area contributed by atoms with E-state index in [1.165, 1.54) is 5.56 Å². The first kappa shape index (κ1) is 11.3. The van der Waals surface area contributed by atoms with Crippen molar-refractivity contribution >= 4 is 6.29 Å². The van der Waals surface area contributed by atoms with Gasteiger partial charge in [0.25, 0.3) is 0 Å². The number of aldehydes is 1. The van der Waals surface area contributed by atoms with Crippen LogP contribution in [0.4, 0.5) is 0 Å². The molecule has 1 aromatic carbocycles. The average molecular weight is 219 g/mol. The quantitative estimate of drug-likeness (QED) is 0.770. The summed E-state index contributed by atoms with van der Waals surface area (Å²) >= 11 is 0. The van der Waals surface area contributed by atoms with Crippen LogP contribution in [0, 0.1) is 5.92 Å². The van der Waals surface area contributed by atoms with E-state index >= 15 is 0 Å². The highest BCUT2D eigenvalue weighted by Gasteiger charge is 2.30. The summed E-state index contributed by atoms with van der Waals surface area (Å²) in [6.45, 7) is 1.78. The van der Waals surface area contributed by atoms with Crippen molar-refractivity contribution < 1.29 is 9.90 Å². The molecular weight excluding hydrogens is 202 g/mol. The number of likely N-dealkylation sites (tertiary alicyclic amines) is 1. The van der Waals surface area contributed by atoms with Crippen molar-refractivity contribution in [2.24, 2.45) is 5.92 Å². The monoisotopic (exact) mass is 219 g/mol. The van der Waals surface area contributed by atoms with Gasteiger partial charge in [-0.2, -0.15) is 0 Å². The van der Waals surface area contributed by atoms with Gasteiger partial charge in [-0.15, -0.1) is 0 Å². The fraction of sp³-hybridized carbons (Fsp3) is 0.462. The number of aliphatic hydroxyl groups is 1. The van der Waals surface area contributed by atoms with E-state index in [4.69, 9.17) is 5.11 Å². The van der Waals surface area contributed by atoms with Crippen LogP contribution in [0.5, 0.6) is 0 Å². The molecule has 0 saturated carbocycles. The molecule has 1 fully saturated rings. The van der Waals surface area contributed by atoms with Gasteiger partial charge in [0, 0.05) is 19.7 Å². The summed E-state index contributed by atoms with van der Waals surface area (Å²) in [4.78, 5) is 13.1. The Morgan fingerprint density at radius 2 is 2.12 bits per heavy atom. The Balaban J connectivity index is 2.01. The lowest BCUT2D eigenvalue weighted by atomic mass is 10.1. The minimum Gasteiger partial charge on any atom is -0.396 e. The van der Waals surface area contributed by atoms with Gasteiger partial charge in [-0.25, -0.2) is 0 Å². The highest BCUT2D eigenvalue weighted by Crippen LogP contribution is 2.23. The van der Waals surface area contributed by atoms with Crippen molar-refractivity contribution in [2.45, 2.75) is 19.0 Å². The van der Waals surface area contributed by atoms with E-state index in [1.807, 2.05) is 18.2 Å². The lowest BCUT2D eigenvalue weighted by Crippen LogP contribution is -2.30. The van der Waals surface area contributed by atoms with Crippen LogP contribution >= 0.6 is 0 Å². The van der Waals surface area contributed by atoms with Gasteiger partial charge in [-0.05, 0) is 17.9 Å². The zero-order valence-electron chi connectivity index (χ0n) is 9.25. The number of aliphatic hydroxyl groups excluding tert-OH is 1. The van der Waals surface area contributed by atoms with Crippen LogP contribution in [0.25, 0.3) is 0 Å². The maximum absolute atomic E-state index is 10.9. The molecule has 0 bridgehead atoms. The largest absolute Gasteiger partial charge is 0.396 e. The van der Waals surface area contributed by atoms with Gasteiger partial charge in [-0.3, -0.25) is 4.90 Å². The molecule has 0 aliphatic carbocycles. The van der Waals surface area contributed by atoms with E-state index in [2.05, 4.69) is 17.0 Å². The molecule has 0 amide bonds. The van der Waals surface area contributed by atoms with Crippen LogP contribution in [0.3, 0.4) is 0 Å². The fourth-order valence-corrected chi connectivity index (χ4v) is 2.31. The molecule has 3 nitrogen and oxygen atoms in total. The smallest absolute Gasteiger partial charge is 0.137 e. The van der Waals surface area contributed by atoms with Crippen LogP contribution in [0.2, 0.25) is 0 Å². The van der Waals surface area contributed by atoms with Crippen molar-refractivity contribution in [3.8, 4) is 0 Å². The predicted molar refractivity (Wildman–Crippen MR) is 61.9 cm³/mol. The molecule has 2 atom stereocenters. The maximum atomic E-state index is 10.9. The van der Waals surface area contributed by atoms with Gasteiger partial charge in [0.1, 0.15) is 6.29 Å². The minimum atomic E-state index is -0.0302. The third-order valence-corrected chi connectivity index (χ3v) is 3.18. The first-order chi connectivity index (χ1) is 7.83. The first-order valence-corrected chi connectivity index (χ1v) is 5.67. The molecule has 1 heterocycles. The third-order valence-electron chi connectivity index (χ3n) is 3.18. The van der Waals surface area contributed by atoms with Gasteiger partial charge in [0.2, 0.25) is 0 Å². The molecule has 1 aromatic rings. The average Bonchev–Trinajstić information content (AvgIpc) is 2.73. The molecular formula is C13H17NO2. The zero-order valence-corrected chi connectivity index (χ0v) is 9.25. The summed E-state index contributed by atoms with van der Waals surface area (Å²) in [6.07, 6.45) is 1.78. The number of rotatable bonds is 4. The summed E-state index contributed by atoms with van der Waals surface area (Å²) in [5, 5.41) is 9.12. The Labute approximate surface area is 95.7 Å². The molecule has 2 unspecified atom stereocenters. The summed E-state index contributed by atoms with van der Waals surface area (Å²) < 4.78 is 0. The second-order valence-corrected chi connectivity index (χ2v) is 4.40. The molecule has 2 rings (SSSR count). The van der Waals surface area contributed by atoms with Gasteiger partial charge < -0.3 is 9.90 Å². The first-order valence-electron chi connectivity index (χ1n) is 5.67. The summed E-state index contributed by atoms with van der Waals surface area (Å²) in [7, 11) is 0. The zero-order chi connectivity index (χ0) is 11.4. The maximum Gasteiger partial charge on any atom is 0.137 e. The standard InChI is InChI=1S/C13H17NO2/c15-9-12-6-13(10-16)14(8-12)7-11-4-2-1-3-5-11/h1-5,10,12-13,15H,6-9H2. The van der Waals surface area contributed by atoms with Gasteiger partial charge >= 0.3 is 0 Å². The Kier molecular flexibility index (Phi) is 3.70. The number of carbonyl (C=O) groups excluding carboxylic acids is 1. The van der Waals surface area contributed by atoms with Crippen molar-refractivity contribution in [2.75, 3.05) is 13.2 Å². The predicted octanol–water partition coefficient (Wildman–Crippen LogP) is 1.07. The fourth-order valence-electron chi connectivity index (χ4n) is 2.31. The summed E-state index contributed by atoms with van der Waals surface area (Å²) in [5.74, 6) is 0.249. The molecule has 16 heavy (non-hydrogen) atoms. The second kappa shape index (κ2) is 5.23. The van der Waals surface area contributed by atoms with E-state index in [0.29, 0.717) is 0 Å². The van der Waals surface area contributed by atoms with Crippen molar-refractivity contribution in [1.82, 2.24) is 4.90 Å². The lowest BCUT2D eigenvalue weighted by Gasteiger charge is -2.19. The number of carbonyl (C=O) groups is 1. The molecule has 1 aliphatic rings. The number of nitrogens with zero attached hydrogens (tertiary/aromatic N) is 1. The SMILES string of the molecule is O=CC1CC(CO)CN1Cc1ccccc1. The molecule has 0 aromatic heterocycles. The molecule has 0 spiro atoms. The van der Waals surface area contributed by atoms with Gasteiger partial charge in [0.15, 0.2) is 0 Å². The summed E-state index contributed by atoms with van der Waals surface area (Å²) in [5.41, 5.74) is 1.22. The van der Waals surface area contributed by atoms with Crippen LogP contribution < -0.4 is 0 Å². The summed E-state index contributed by atoms with van der Waals surface area (Å²) in [6, 6.07) is 10.1. The highest BCUT2D eigenvalue weighted by molar-refractivity contribution is 5.58. The van der Waals surface area contributed by atoms with Crippen LogP contribution in [-0.2, 0) is 11.3 Å². The molecule has 1 saturated heterocycles. The van der Waals surface area contributed by atoms with Crippen LogP contribution in [0.15, 0.2) is 30.3 Å². The normalized spacial score (nSPS) is 25.8. The Hall–Kier alpha value is -1.19. The third kappa shape index (κ3) is 2.49. The molecule has 1 N–H and O–H groups in total. The molecule has 3 heteroatoms. The Bertz CT molecular complexity index is 339.